The van der Waals surface area contributed by atoms with Gasteiger partial charge in [0.25, 0.3) is 5.69 Å². The maximum Gasteiger partial charge on any atom is 0.269 e. The Labute approximate surface area is 114 Å². The molecule has 0 amide bonds. The Morgan fingerprint density at radius 3 is 2.42 bits per heavy atom. The number of rotatable bonds is 8. The Morgan fingerprint density at radius 1 is 1.32 bits per heavy atom. The summed E-state index contributed by atoms with van der Waals surface area (Å²) in [6.07, 6.45) is 0. The molecule has 0 heterocycles. The summed E-state index contributed by atoms with van der Waals surface area (Å²) in [5, 5.41) is 14.0. The molecule has 0 bridgehead atoms. The number of nitro benzene ring substituents is 1. The summed E-state index contributed by atoms with van der Waals surface area (Å²) >= 11 is 0. The lowest BCUT2D eigenvalue weighted by atomic mass is 10.0. The van der Waals surface area contributed by atoms with Crippen LogP contribution >= 0.6 is 0 Å². The second-order valence-electron chi connectivity index (χ2n) is 4.81. The lowest BCUT2D eigenvalue weighted by Crippen LogP contribution is -2.37. The van der Waals surface area contributed by atoms with E-state index in [-0.39, 0.29) is 16.7 Å². The third-order valence-corrected chi connectivity index (χ3v) is 3.02. The Kier molecular flexibility index (Phi) is 6.45. The van der Waals surface area contributed by atoms with E-state index in [2.05, 4.69) is 19.2 Å². The molecule has 19 heavy (non-hydrogen) atoms. The molecule has 0 aromatic heterocycles. The molecular formula is C14H22N2O3. The van der Waals surface area contributed by atoms with Crippen LogP contribution in [0.1, 0.15) is 26.3 Å². The molecule has 0 aliphatic heterocycles. The number of benzene rings is 1. The van der Waals surface area contributed by atoms with E-state index in [0.717, 1.165) is 5.56 Å². The van der Waals surface area contributed by atoms with Gasteiger partial charge < -0.3 is 10.1 Å². The highest BCUT2D eigenvalue weighted by atomic mass is 16.6. The topological polar surface area (TPSA) is 64.4 Å². The van der Waals surface area contributed by atoms with Crippen LogP contribution in [0.4, 0.5) is 5.69 Å². The minimum absolute atomic E-state index is 0.124. The van der Waals surface area contributed by atoms with Crippen molar-refractivity contribution in [3.05, 3.63) is 39.9 Å². The molecule has 1 aromatic carbocycles. The first-order valence-electron chi connectivity index (χ1n) is 6.59. The summed E-state index contributed by atoms with van der Waals surface area (Å²) in [6, 6.07) is 6.91. The van der Waals surface area contributed by atoms with Gasteiger partial charge in [-0.05, 0) is 18.4 Å². The fourth-order valence-electron chi connectivity index (χ4n) is 1.72. The first-order valence-corrected chi connectivity index (χ1v) is 6.59. The quantitative estimate of drug-likeness (QED) is 0.580. The van der Waals surface area contributed by atoms with Crippen molar-refractivity contribution in [3.8, 4) is 0 Å². The lowest BCUT2D eigenvalue weighted by molar-refractivity contribution is -0.384. The molecule has 0 spiro atoms. The van der Waals surface area contributed by atoms with Gasteiger partial charge in [0, 0.05) is 31.3 Å². The van der Waals surface area contributed by atoms with Gasteiger partial charge in [0.1, 0.15) is 0 Å². The monoisotopic (exact) mass is 266 g/mol. The second kappa shape index (κ2) is 7.86. The molecule has 0 fully saturated rings. The summed E-state index contributed by atoms with van der Waals surface area (Å²) in [5.74, 6) is 0.476. The van der Waals surface area contributed by atoms with E-state index >= 15 is 0 Å². The smallest absolute Gasteiger partial charge is 0.269 e. The number of nitro groups is 1. The molecule has 1 rings (SSSR count). The number of non-ortho nitro benzene ring substituents is 1. The zero-order chi connectivity index (χ0) is 14.3. The summed E-state index contributed by atoms with van der Waals surface area (Å²) in [4.78, 5) is 10.2. The predicted molar refractivity (Wildman–Crippen MR) is 75.1 cm³/mol. The van der Waals surface area contributed by atoms with Crippen LogP contribution in [0.25, 0.3) is 0 Å². The van der Waals surface area contributed by atoms with Crippen LogP contribution in [-0.4, -0.2) is 24.2 Å². The molecule has 1 N–H and O–H groups in total. The fraction of sp³-hybridized carbons (Fsp3) is 0.571. The molecule has 106 valence electrons. The van der Waals surface area contributed by atoms with E-state index in [1.165, 1.54) is 12.1 Å². The van der Waals surface area contributed by atoms with Crippen LogP contribution < -0.4 is 5.32 Å². The average molecular weight is 266 g/mol. The van der Waals surface area contributed by atoms with Gasteiger partial charge in [-0.15, -0.1) is 0 Å². The van der Waals surface area contributed by atoms with Crippen molar-refractivity contribution in [2.24, 2.45) is 5.92 Å². The van der Waals surface area contributed by atoms with Gasteiger partial charge in [0.05, 0.1) is 11.5 Å². The van der Waals surface area contributed by atoms with Crippen molar-refractivity contribution in [3.63, 3.8) is 0 Å². The first-order chi connectivity index (χ1) is 9.04. The fourth-order valence-corrected chi connectivity index (χ4v) is 1.72. The van der Waals surface area contributed by atoms with Crippen molar-refractivity contribution in [2.75, 3.05) is 13.2 Å². The highest BCUT2D eigenvalue weighted by Crippen LogP contribution is 2.12. The molecule has 1 aromatic rings. The Bertz CT molecular complexity index is 390. The molecule has 0 aliphatic rings. The highest BCUT2D eigenvalue weighted by molar-refractivity contribution is 5.32. The number of hydrogen-bond donors (Lipinski definition) is 1. The van der Waals surface area contributed by atoms with Gasteiger partial charge >= 0.3 is 0 Å². The maximum absolute atomic E-state index is 10.6. The SMILES string of the molecule is CCOCC(NCc1ccc([N+](=O)[O-])cc1)C(C)C. The van der Waals surface area contributed by atoms with Crippen molar-refractivity contribution < 1.29 is 9.66 Å². The Morgan fingerprint density at radius 2 is 1.95 bits per heavy atom. The molecule has 0 radical (unpaired) electrons. The van der Waals surface area contributed by atoms with Gasteiger partial charge in [-0.25, -0.2) is 0 Å². The van der Waals surface area contributed by atoms with E-state index in [0.29, 0.717) is 25.7 Å². The van der Waals surface area contributed by atoms with E-state index in [4.69, 9.17) is 4.74 Å². The number of hydrogen-bond acceptors (Lipinski definition) is 4. The lowest BCUT2D eigenvalue weighted by Gasteiger charge is -2.22. The minimum atomic E-state index is -0.386. The van der Waals surface area contributed by atoms with E-state index in [9.17, 15) is 10.1 Å². The number of nitrogens with zero attached hydrogens (tertiary/aromatic N) is 1. The largest absolute Gasteiger partial charge is 0.380 e. The number of nitrogens with one attached hydrogen (secondary N) is 1. The third kappa shape index (κ3) is 5.36. The Hall–Kier alpha value is -1.46. The van der Waals surface area contributed by atoms with Gasteiger partial charge in [-0.1, -0.05) is 26.0 Å². The summed E-state index contributed by atoms with van der Waals surface area (Å²) in [5.41, 5.74) is 1.16. The normalized spacial score (nSPS) is 12.6. The van der Waals surface area contributed by atoms with Crippen molar-refractivity contribution in [1.29, 1.82) is 0 Å². The molecule has 0 saturated carbocycles. The van der Waals surface area contributed by atoms with E-state index in [1.807, 2.05) is 6.92 Å². The highest BCUT2D eigenvalue weighted by Gasteiger charge is 2.13. The summed E-state index contributed by atoms with van der Waals surface area (Å²) in [6.45, 7) is 8.35. The predicted octanol–water partition coefficient (Wildman–Crippen LogP) is 2.75. The van der Waals surface area contributed by atoms with Crippen molar-refractivity contribution >= 4 is 5.69 Å². The first kappa shape index (κ1) is 15.6. The second-order valence-corrected chi connectivity index (χ2v) is 4.81. The van der Waals surface area contributed by atoms with Gasteiger partial charge in [-0.3, -0.25) is 10.1 Å². The zero-order valence-electron chi connectivity index (χ0n) is 11.8. The van der Waals surface area contributed by atoms with Crippen molar-refractivity contribution in [2.45, 2.75) is 33.4 Å². The molecule has 1 unspecified atom stereocenters. The van der Waals surface area contributed by atoms with Crippen LogP contribution in [0, 0.1) is 16.0 Å². The van der Waals surface area contributed by atoms with E-state index < -0.39 is 0 Å². The van der Waals surface area contributed by atoms with E-state index in [1.54, 1.807) is 12.1 Å². The molecule has 0 saturated heterocycles. The van der Waals surface area contributed by atoms with Crippen LogP contribution in [0.2, 0.25) is 0 Å². The summed E-state index contributed by atoms with van der Waals surface area (Å²) < 4.78 is 5.44. The molecular weight excluding hydrogens is 244 g/mol. The van der Waals surface area contributed by atoms with Gasteiger partial charge in [-0.2, -0.15) is 0 Å². The molecule has 5 heteroatoms. The van der Waals surface area contributed by atoms with Crippen molar-refractivity contribution in [1.82, 2.24) is 5.32 Å². The Balaban J connectivity index is 2.51. The molecule has 5 nitrogen and oxygen atoms in total. The van der Waals surface area contributed by atoms with Crippen LogP contribution in [0.15, 0.2) is 24.3 Å². The van der Waals surface area contributed by atoms with Crippen LogP contribution in [0.3, 0.4) is 0 Å². The van der Waals surface area contributed by atoms with Crippen LogP contribution in [0.5, 0.6) is 0 Å². The van der Waals surface area contributed by atoms with Crippen LogP contribution in [-0.2, 0) is 11.3 Å². The summed E-state index contributed by atoms with van der Waals surface area (Å²) in [7, 11) is 0. The molecule has 1 atom stereocenters. The average Bonchev–Trinajstić information content (AvgIpc) is 2.39. The third-order valence-electron chi connectivity index (χ3n) is 3.02. The standard InChI is InChI=1S/C14H22N2O3/c1-4-19-10-14(11(2)3)15-9-12-5-7-13(8-6-12)16(17)18/h5-8,11,14-15H,4,9-10H2,1-3H3. The van der Waals surface area contributed by atoms with Gasteiger partial charge in [0.15, 0.2) is 0 Å². The van der Waals surface area contributed by atoms with Gasteiger partial charge in [0.2, 0.25) is 0 Å². The zero-order valence-corrected chi connectivity index (χ0v) is 11.8. The molecule has 0 aliphatic carbocycles. The minimum Gasteiger partial charge on any atom is -0.380 e. The maximum atomic E-state index is 10.6. The number of ether oxygens (including phenoxy) is 1.